The number of benzene rings is 1. The Bertz CT molecular complexity index is 1350. The van der Waals surface area contributed by atoms with Crippen LogP contribution in [-0.4, -0.2) is 58.4 Å². The standard InChI is InChI=1S/C26H34N6O3S/c1-4-7-8-9-10-13-16-31-18-15-12-11-14-17(18)19(23(31)33)20-24(34)32-25(36-20)27-21-22(28-32)30(6-3)26(35)29(21)5-2/h11-12,14-15,21-22,28H,4-10,13,16H2,1-3H3/b20-19-. The summed E-state index contributed by atoms with van der Waals surface area (Å²) < 4.78 is 1.80. The van der Waals surface area contributed by atoms with E-state index in [9.17, 15) is 14.4 Å². The van der Waals surface area contributed by atoms with Gasteiger partial charge in [0.1, 0.15) is 4.53 Å². The summed E-state index contributed by atoms with van der Waals surface area (Å²) in [6.45, 7) is 7.72. The maximum absolute atomic E-state index is 13.7. The Morgan fingerprint density at radius 1 is 0.944 bits per heavy atom. The van der Waals surface area contributed by atoms with Crippen LogP contribution in [0.1, 0.15) is 64.9 Å². The maximum Gasteiger partial charge on any atom is 0.323 e. The number of nitrogens with one attached hydrogen (secondary N) is 1. The number of rotatable bonds is 9. The molecule has 0 bridgehead atoms. The second-order valence-corrected chi connectivity index (χ2v) is 10.4. The van der Waals surface area contributed by atoms with E-state index in [4.69, 9.17) is 4.99 Å². The summed E-state index contributed by atoms with van der Waals surface area (Å²) >= 11 is 1.22. The number of likely N-dealkylation sites (N-methyl/N-ethyl adjacent to an activating group) is 2. The second kappa shape index (κ2) is 10.1. The molecule has 2 atom stereocenters. The van der Waals surface area contributed by atoms with E-state index < -0.39 is 12.3 Å². The number of urea groups is 1. The van der Waals surface area contributed by atoms with Gasteiger partial charge in [-0.25, -0.2) is 9.79 Å². The topological polar surface area (TPSA) is 90.2 Å². The van der Waals surface area contributed by atoms with E-state index in [0.717, 1.165) is 24.1 Å². The van der Waals surface area contributed by atoms with Crippen LogP contribution in [-0.2, 0) is 4.79 Å². The summed E-state index contributed by atoms with van der Waals surface area (Å²) in [5.41, 5.74) is 5.04. The molecular formula is C26H34N6O3S. The summed E-state index contributed by atoms with van der Waals surface area (Å²) in [6, 6.07) is 7.63. The molecule has 2 aromatic rings. The van der Waals surface area contributed by atoms with Crippen molar-refractivity contribution < 1.29 is 9.59 Å². The Labute approximate surface area is 214 Å². The fraction of sp³-hybridized carbons (Fsp3) is 0.538. The first-order valence-corrected chi connectivity index (χ1v) is 13.9. The van der Waals surface area contributed by atoms with Crippen LogP contribution in [0.25, 0.3) is 5.57 Å². The zero-order valence-electron chi connectivity index (χ0n) is 21.2. The highest BCUT2D eigenvalue weighted by Gasteiger charge is 2.47. The molecule has 5 rings (SSSR count). The molecular weight excluding hydrogens is 476 g/mol. The number of fused-ring (bicyclic) bond motifs is 3. The van der Waals surface area contributed by atoms with E-state index in [2.05, 4.69) is 12.3 Å². The van der Waals surface area contributed by atoms with Gasteiger partial charge >= 0.3 is 6.03 Å². The van der Waals surface area contributed by atoms with Crippen molar-refractivity contribution >= 4 is 34.5 Å². The van der Waals surface area contributed by atoms with E-state index in [-0.39, 0.29) is 17.5 Å². The fourth-order valence-electron chi connectivity index (χ4n) is 5.40. The summed E-state index contributed by atoms with van der Waals surface area (Å²) in [4.78, 5) is 50.5. The number of nitrogens with zero attached hydrogens (tertiary/aromatic N) is 5. The first-order chi connectivity index (χ1) is 17.5. The van der Waals surface area contributed by atoms with Crippen molar-refractivity contribution in [2.24, 2.45) is 4.99 Å². The molecule has 0 saturated carbocycles. The van der Waals surface area contributed by atoms with Crippen LogP contribution in [0.5, 0.6) is 0 Å². The lowest BCUT2D eigenvalue weighted by molar-refractivity contribution is -0.113. The number of thiazole rings is 1. The molecule has 10 heteroatoms. The fourth-order valence-corrected chi connectivity index (χ4v) is 6.45. The van der Waals surface area contributed by atoms with Crippen LogP contribution in [0.2, 0.25) is 0 Å². The number of hydrogen-bond donors (Lipinski definition) is 1. The summed E-state index contributed by atoms with van der Waals surface area (Å²) in [5.74, 6) is -0.123. The molecule has 3 aliphatic rings. The van der Waals surface area contributed by atoms with Crippen molar-refractivity contribution in [2.75, 3.05) is 30.0 Å². The first kappa shape index (κ1) is 24.5. The minimum Gasteiger partial charge on any atom is -0.308 e. The normalized spacial score (nSPS) is 21.9. The third kappa shape index (κ3) is 3.91. The van der Waals surface area contributed by atoms with Crippen molar-refractivity contribution in [2.45, 2.75) is 71.6 Å². The summed E-state index contributed by atoms with van der Waals surface area (Å²) in [7, 11) is 0. The number of aromatic nitrogens is 1. The molecule has 0 radical (unpaired) electrons. The zero-order chi connectivity index (χ0) is 25.4. The third-order valence-corrected chi connectivity index (χ3v) is 8.34. The van der Waals surface area contributed by atoms with Gasteiger partial charge in [-0.1, -0.05) is 68.6 Å². The summed E-state index contributed by atoms with van der Waals surface area (Å²) in [5, 5.41) is 0. The predicted molar refractivity (Wildman–Crippen MR) is 141 cm³/mol. The van der Waals surface area contributed by atoms with E-state index >= 15 is 0 Å². The lowest BCUT2D eigenvalue weighted by Crippen LogP contribution is -2.55. The number of para-hydroxylation sites is 1. The van der Waals surface area contributed by atoms with Crippen molar-refractivity contribution in [1.82, 2.24) is 14.5 Å². The van der Waals surface area contributed by atoms with Gasteiger partial charge in [0.05, 0.1) is 11.3 Å². The molecule has 3 amide bonds. The Balaban J connectivity index is 1.52. The molecule has 2 unspecified atom stereocenters. The van der Waals surface area contributed by atoms with Gasteiger partial charge in [-0.3, -0.25) is 24.8 Å². The molecule has 1 fully saturated rings. The lowest BCUT2D eigenvalue weighted by atomic mass is 10.1. The van der Waals surface area contributed by atoms with Crippen molar-refractivity contribution in [3.05, 3.63) is 49.5 Å². The van der Waals surface area contributed by atoms with E-state index in [1.807, 2.05) is 43.0 Å². The van der Waals surface area contributed by atoms with Gasteiger partial charge in [0.2, 0.25) is 4.80 Å². The van der Waals surface area contributed by atoms with Gasteiger partial charge in [0.15, 0.2) is 12.3 Å². The second-order valence-electron chi connectivity index (χ2n) is 9.44. The third-order valence-electron chi connectivity index (χ3n) is 7.28. The molecule has 1 aromatic heterocycles. The quantitative estimate of drug-likeness (QED) is 0.525. The first-order valence-electron chi connectivity index (χ1n) is 13.1. The number of carbonyl (C=O) groups is 2. The molecule has 9 nitrogen and oxygen atoms in total. The van der Waals surface area contributed by atoms with Gasteiger partial charge in [-0.2, -0.15) is 4.68 Å². The Morgan fingerprint density at radius 2 is 1.67 bits per heavy atom. The highest BCUT2D eigenvalue weighted by Crippen LogP contribution is 2.35. The SMILES string of the molecule is CCCCCCCCN1C(=O)/C(=c2\sc3n(c2=O)NC2C(N=3)N(CC)C(=O)N2CC)c2ccccc21. The number of carbonyl (C=O) groups excluding carboxylic acids is 2. The molecule has 1 saturated heterocycles. The minimum absolute atomic E-state index is 0.0886. The van der Waals surface area contributed by atoms with Crippen LogP contribution in [0.15, 0.2) is 34.1 Å². The monoisotopic (exact) mass is 510 g/mol. The Morgan fingerprint density at radius 3 is 2.42 bits per heavy atom. The molecule has 1 aromatic carbocycles. The average Bonchev–Trinajstić information content (AvgIpc) is 3.45. The molecule has 0 aliphatic carbocycles. The Kier molecular flexibility index (Phi) is 6.87. The Hall–Kier alpha value is -3.14. The maximum atomic E-state index is 13.7. The van der Waals surface area contributed by atoms with Crippen molar-refractivity contribution in [1.29, 1.82) is 0 Å². The van der Waals surface area contributed by atoms with Crippen LogP contribution in [0, 0.1) is 0 Å². The van der Waals surface area contributed by atoms with Gasteiger partial charge < -0.3 is 4.90 Å². The predicted octanol–water partition coefficient (Wildman–Crippen LogP) is 2.42. The van der Waals surface area contributed by atoms with Crippen LogP contribution in [0.3, 0.4) is 0 Å². The van der Waals surface area contributed by atoms with E-state index in [0.29, 0.717) is 34.5 Å². The largest absolute Gasteiger partial charge is 0.323 e. The molecule has 192 valence electrons. The molecule has 36 heavy (non-hydrogen) atoms. The minimum atomic E-state index is -0.420. The van der Waals surface area contributed by atoms with Crippen LogP contribution < -0.4 is 25.2 Å². The highest BCUT2D eigenvalue weighted by atomic mass is 32.1. The number of anilines is 1. The van der Waals surface area contributed by atoms with Crippen LogP contribution in [0.4, 0.5) is 10.5 Å². The lowest BCUT2D eigenvalue weighted by Gasteiger charge is -2.28. The van der Waals surface area contributed by atoms with Crippen LogP contribution >= 0.6 is 11.3 Å². The van der Waals surface area contributed by atoms with Crippen molar-refractivity contribution in [3.63, 3.8) is 0 Å². The van der Waals surface area contributed by atoms with Gasteiger partial charge in [0, 0.05) is 25.2 Å². The number of amides is 3. The van der Waals surface area contributed by atoms with E-state index in [1.165, 1.54) is 41.7 Å². The average molecular weight is 511 g/mol. The van der Waals surface area contributed by atoms with Gasteiger partial charge in [0.25, 0.3) is 11.5 Å². The molecule has 1 N–H and O–H groups in total. The molecule has 0 spiro atoms. The zero-order valence-corrected chi connectivity index (χ0v) is 22.0. The number of hydrogen-bond acceptors (Lipinski definition) is 6. The molecule has 3 aliphatic heterocycles. The number of unbranched alkanes of at least 4 members (excludes halogenated alkanes) is 5. The van der Waals surface area contributed by atoms with Gasteiger partial charge in [-0.05, 0) is 26.3 Å². The molecule has 4 heterocycles. The summed E-state index contributed by atoms with van der Waals surface area (Å²) in [6.07, 6.45) is 6.05. The van der Waals surface area contributed by atoms with E-state index in [1.54, 1.807) is 9.80 Å². The smallest absolute Gasteiger partial charge is 0.308 e. The van der Waals surface area contributed by atoms with Gasteiger partial charge in [-0.15, -0.1) is 0 Å². The van der Waals surface area contributed by atoms with Crippen molar-refractivity contribution in [3.8, 4) is 0 Å². The highest BCUT2D eigenvalue weighted by molar-refractivity contribution is 7.07.